The SMILES string of the molecule is Clc1cc(C2CC2c2cccc3ccncc23)c2nccn2n1. The van der Waals surface area contributed by atoms with Crippen LogP contribution in [0.1, 0.15) is 29.4 Å². The van der Waals surface area contributed by atoms with Gasteiger partial charge < -0.3 is 0 Å². The summed E-state index contributed by atoms with van der Waals surface area (Å²) >= 11 is 6.17. The zero-order valence-electron chi connectivity index (χ0n) is 12.2. The third-order valence-corrected chi connectivity index (χ3v) is 4.85. The second kappa shape index (κ2) is 4.77. The molecule has 3 heterocycles. The monoisotopic (exact) mass is 320 g/mol. The van der Waals surface area contributed by atoms with Crippen LogP contribution in [0.2, 0.25) is 5.15 Å². The van der Waals surface area contributed by atoms with Crippen LogP contribution in [0, 0.1) is 0 Å². The molecule has 5 rings (SSSR count). The van der Waals surface area contributed by atoms with Crippen LogP contribution in [-0.2, 0) is 0 Å². The molecule has 1 saturated carbocycles. The molecular formula is C18H13ClN4. The average molecular weight is 321 g/mol. The molecule has 0 amide bonds. The molecule has 0 aliphatic heterocycles. The molecule has 1 fully saturated rings. The van der Waals surface area contributed by atoms with Crippen molar-refractivity contribution in [3.05, 3.63) is 71.4 Å². The van der Waals surface area contributed by atoms with Gasteiger partial charge in [0.05, 0.1) is 0 Å². The minimum atomic E-state index is 0.436. The van der Waals surface area contributed by atoms with Gasteiger partial charge in [0.2, 0.25) is 0 Å². The molecule has 5 heteroatoms. The van der Waals surface area contributed by atoms with E-state index in [0.29, 0.717) is 17.0 Å². The molecule has 2 atom stereocenters. The lowest BCUT2D eigenvalue weighted by atomic mass is 10.0. The Morgan fingerprint density at radius 1 is 1.09 bits per heavy atom. The quantitative estimate of drug-likeness (QED) is 0.556. The van der Waals surface area contributed by atoms with Crippen LogP contribution in [0.15, 0.2) is 55.1 Å². The van der Waals surface area contributed by atoms with Crippen LogP contribution in [0.3, 0.4) is 0 Å². The Morgan fingerprint density at radius 2 is 2.00 bits per heavy atom. The van der Waals surface area contributed by atoms with Gasteiger partial charge in [0, 0.05) is 35.7 Å². The number of benzene rings is 1. The van der Waals surface area contributed by atoms with E-state index in [0.717, 1.165) is 12.1 Å². The highest BCUT2D eigenvalue weighted by molar-refractivity contribution is 6.29. The van der Waals surface area contributed by atoms with Crippen molar-refractivity contribution in [2.45, 2.75) is 18.3 Å². The molecule has 1 aliphatic rings. The first kappa shape index (κ1) is 13.0. The molecule has 0 N–H and O–H groups in total. The van der Waals surface area contributed by atoms with Crippen LogP contribution in [0.5, 0.6) is 0 Å². The van der Waals surface area contributed by atoms with E-state index in [1.165, 1.54) is 21.9 Å². The van der Waals surface area contributed by atoms with Crippen LogP contribution < -0.4 is 0 Å². The molecule has 1 aromatic carbocycles. The van der Waals surface area contributed by atoms with Crippen LogP contribution >= 0.6 is 11.6 Å². The maximum Gasteiger partial charge on any atom is 0.157 e. The third kappa shape index (κ3) is 2.02. The normalized spacial score (nSPS) is 20.2. The van der Waals surface area contributed by atoms with Gasteiger partial charge in [-0.05, 0) is 41.3 Å². The highest BCUT2D eigenvalue weighted by atomic mass is 35.5. The molecule has 4 nitrogen and oxygen atoms in total. The smallest absolute Gasteiger partial charge is 0.157 e. The molecule has 0 radical (unpaired) electrons. The first-order chi connectivity index (χ1) is 11.3. The zero-order chi connectivity index (χ0) is 15.4. The molecule has 0 bridgehead atoms. The summed E-state index contributed by atoms with van der Waals surface area (Å²) in [5.74, 6) is 0.924. The second-order valence-corrected chi connectivity index (χ2v) is 6.40. The van der Waals surface area contributed by atoms with Gasteiger partial charge in [-0.3, -0.25) is 4.98 Å². The van der Waals surface area contributed by atoms with E-state index in [4.69, 9.17) is 11.6 Å². The molecule has 23 heavy (non-hydrogen) atoms. The molecule has 4 aromatic rings. The van der Waals surface area contributed by atoms with E-state index < -0.39 is 0 Å². The lowest BCUT2D eigenvalue weighted by Gasteiger charge is -2.07. The second-order valence-electron chi connectivity index (χ2n) is 6.01. The van der Waals surface area contributed by atoms with Gasteiger partial charge >= 0.3 is 0 Å². The Labute approximate surface area is 137 Å². The van der Waals surface area contributed by atoms with Crippen molar-refractivity contribution in [2.75, 3.05) is 0 Å². The lowest BCUT2D eigenvalue weighted by molar-refractivity contribution is 0.906. The Bertz CT molecular complexity index is 1030. The maximum atomic E-state index is 6.17. The number of pyridine rings is 1. The van der Waals surface area contributed by atoms with Crippen molar-refractivity contribution in [3.63, 3.8) is 0 Å². The number of nitrogens with zero attached hydrogens (tertiary/aromatic N) is 4. The summed E-state index contributed by atoms with van der Waals surface area (Å²) in [6.07, 6.45) is 8.51. The van der Waals surface area contributed by atoms with Crippen LogP contribution in [0.4, 0.5) is 0 Å². The summed E-state index contributed by atoms with van der Waals surface area (Å²) in [6.45, 7) is 0. The number of hydrogen-bond acceptors (Lipinski definition) is 3. The van der Waals surface area contributed by atoms with Gasteiger partial charge in [-0.2, -0.15) is 5.10 Å². The molecule has 1 aliphatic carbocycles. The molecule has 2 unspecified atom stereocenters. The fourth-order valence-corrected chi connectivity index (χ4v) is 3.72. The number of fused-ring (bicyclic) bond motifs is 2. The van der Waals surface area contributed by atoms with Gasteiger partial charge in [-0.15, -0.1) is 0 Å². The van der Waals surface area contributed by atoms with Gasteiger partial charge in [0.15, 0.2) is 5.65 Å². The highest BCUT2D eigenvalue weighted by Crippen LogP contribution is 2.56. The van der Waals surface area contributed by atoms with E-state index in [2.05, 4.69) is 39.3 Å². The minimum absolute atomic E-state index is 0.436. The highest BCUT2D eigenvalue weighted by Gasteiger charge is 2.42. The molecule has 3 aromatic heterocycles. The summed E-state index contributed by atoms with van der Waals surface area (Å²) in [4.78, 5) is 8.73. The Kier molecular flexibility index (Phi) is 2.70. The summed E-state index contributed by atoms with van der Waals surface area (Å²) < 4.78 is 1.76. The third-order valence-electron chi connectivity index (χ3n) is 4.66. The number of halogens is 1. The standard InChI is InChI=1S/C18H13ClN4/c19-17-9-15(18-21-6-7-23(18)22-17)14-8-13(14)12-3-1-2-11-4-5-20-10-16(11)12/h1-7,9-10,13-14H,8H2. The Balaban J connectivity index is 1.61. The number of imidazole rings is 1. The zero-order valence-corrected chi connectivity index (χ0v) is 13.0. The Hall–Kier alpha value is -2.46. The van der Waals surface area contributed by atoms with Crippen molar-refractivity contribution >= 4 is 28.0 Å². The molecule has 0 spiro atoms. The number of hydrogen-bond donors (Lipinski definition) is 0. The van der Waals surface area contributed by atoms with Crippen LogP contribution in [-0.4, -0.2) is 19.6 Å². The van der Waals surface area contributed by atoms with Crippen molar-refractivity contribution in [2.24, 2.45) is 0 Å². The van der Waals surface area contributed by atoms with Crippen molar-refractivity contribution in [3.8, 4) is 0 Å². The van der Waals surface area contributed by atoms with Crippen molar-refractivity contribution in [1.29, 1.82) is 0 Å². The summed E-state index contributed by atoms with van der Waals surface area (Å²) in [7, 11) is 0. The largest absolute Gasteiger partial charge is 0.264 e. The van der Waals surface area contributed by atoms with Crippen LogP contribution in [0.25, 0.3) is 16.4 Å². The molecule has 0 saturated heterocycles. The predicted molar refractivity (Wildman–Crippen MR) is 89.8 cm³/mol. The predicted octanol–water partition coefficient (Wildman–Crippen LogP) is 4.20. The molecular weight excluding hydrogens is 308 g/mol. The number of aromatic nitrogens is 4. The van der Waals surface area contributed by atoms with E-state index in [-0.39, 0.29) is 0 Å². The molecule has 112 valence electrons. The van der Waals surface area contributed by atoms with E-state index in [1.807, 2.05) is 24.7 Å². The van der Waals surface area contributed by atoms with Gasteiger partial charge in [-0.1, -0.05) is 29.8 Å². The maximum absolute atomic E-state index is 6.17. The average Bonchev–Trinajstić information content (AvgIpc) is 3.23. The lowest BCUT2D eigenvalue weighted by Crippen LogP contribution is -1.96. The fourth-order valence-electron chi connectivity index (χ4n) is 3.52. The fraction of sp³-hybridized carbons (Fsp3) is 0.167. The van der Waals surface area contributed by atoms with Gasteiger partial charge in [-0.25, -0.2) is 9.50 Å². The van der Waals surface area contributed by atoms with Crippen molar-refractivity contribution in [1.82, 2.24) is 19.6 Å². The van der Waals surface area contributed by atoms with E-state index >= 15 is 0 Å². The van der Waals surface area contributed by atoms with E-state index in [1.54, 1.807) is 10.7 Å². The first-order valence-corrected chi connectivity index (χ1v) is 8.01. The topological polar surface area (TPSA) is 43.1 Å². The summed E-state index contributed by atoms with van der Waals surface area (Å²) in [5, 5.41) is 7.25. The first-order valence-electron chi connectivity index (χ1n) is 7.64. The minimum Gasteiger partial charge on any atom is -0.264 e. The summed E-state index contributed by atoms with van der Waals surface area (Å²) in [6, 6.07) is 10.5. The summed E-state index contributed by atoms with van der Waals surface area (Å²) in [5.41, 5.74) is 3.44. The Morgan fingerprint density at radius 3 is 2.96 bits per heavy atom. The van der Waals surface area contributed by atoms with Gasteiger partial charge in [0.25, 0.3) is 0 Å². The number of rotatable bonds is 2. The van der Waals surface area contributed by atoms with E-state index in [9.17, 15) is 0 Å². The van der Waals surface area contributed by atoms with Gasteiger partial charge in [0.1, 0.15) is 5.15 Å². The van der Waals surface area contributed by atoms with Crippen molar-refractivity contribution < 1.29 is 0 Å².